The van der Waals surface area contributed by atoms with Crippen LogP contribution >= 0.6 is 24.8 Å². The number of likely N-dealkylation sites (N-methyl/N-ethyl adjacent to an activating group) is 1. The first-order chi connectivity index (χ1) is 11.2. The van der Waals surface area contributed by atoms with Gasteiger partial charge >= 0.3 is 0 Å². The fraction of sp³-hybridized carbons (Fsp3) is 0.611. The van der Waals surface area contributed by atoms with Crippen molar-refractivity contribution in [2.75, 3.05) is 39.8 Å². The Morgan fingerprint density at radius 2 is 1.76 bits per heavy atom. The Kier molecular flexibility index (Phi) is 9.17. The summed E-state index contributed by atoms with van der Waals surface area (Å²) in [7, 11) is 2.13. The van der Waals surface area contributed by atoms with Crippen LogP contribution < -0.4 is 11.1 Å². The third kappa shape index (κ3) is 5.83. The number of carbonyl (C=O) groups excluding carboxylic acids is 1. The molecule has 25 heavy (non-hydrogen) atoms. The lowest BCUT2D eigenvalue weighted by atomic mass is 10.0. The minimum Gasteiger partial charge on any atom is -0.350 e. The van der Waals surface area contributed by atoms with Gasteiger partial charge in [-0.25, -0.2) is 0 Å². The van der Waals surface area contributed by atoms with Crippen molar-refractivity contribution in [3.05, 3.63) is 35.9 Å². The molecule has 1 aliphatic heterocycles. The van der Waals surface area contributed by atoms with E-state index in [-0.39, 0.29) is 42.8 Å². The van der Waals surface area contributed by atoms with E-state index >= 15 is 0 Å². The zero-order valence-electron chi connectivity index (χ0n) is 14.8. The molecule has 1 aromatic carbocycles. The van der Waals surface area contributed by atoms with Crippen LogP contribution in [0.4, 0.5) is 0 Å². The first-order valence-electron chi connectivity index (χ1n) is 8.67. The van der Waals surface area contributed by atoms with E-state index in [4.69, 9.17) is 5.73 Å². The van der Waals surface area contributed by atoms with Crippen LogP contribution in [0.5, 0.6) is 0 Å². The van der Waals surface area contributed by atoms with Gasteiger partial charge in [-0.1, -0.05) is 30.3 Å². The van der Waals surface area contributed by atoms with E-state index in [1.165, 1.54) is 12.8 Å². The second-order valence-corrected chi connectivity index (χ2v) is 6.84. The van der Waals surface area contributed by atoms with Crippen molar-refractivity contribution in [2.24, 2.45) is 11.7 Å². The van der Waals surface area contributed by atoms with E-state index in [9.17, 15) is 4.79 Å². The van der Waals surface area contributed by atoms with Crippen molar-refractivity contribution >= 4 is 30.7 Å². The largest absolute Gasteiger partial charge is 0.350 e. The predicted molar refractivity (Wildman–Crippen MR) is 106 cm³/mol. The van der Waals surface area contributed by atoms with E-state index < -0.39 is 0 Å². The molecule has 1 amide bonds. The normalized spacial score (nSPS) is 20.7. The number of halogens is 2. The fourth-order valence-corrected chi connectivity index (χ4v) is 3.37. The minimum atomic E-state index is -0.210. The summed E-state index contributed by atoms with van der Waals surface area (Å²) in [6.45, 7) is 4.36. The van der Waals surface area contributed by atoms with Gasteiger partial charge in [0.15, 0.2) is 0 Å². The summed E-state index contributed by atoms with van der Waals surface area (Å²) in [5.41, 5.74) is 6.93. The standard InChI is InChI=1S/C18H28N4O.2ClH/c1-21-9-11-22(12-10-21)17(15-5-3-2-4-6-15)18(23)20-16(13-19)14-7-8-14;;/h2-6,14,16-17H,7-13,19H2,1H3,(H,20,23);2*1H. The fourth-order valence-electron chi connectivity index (χ4n) is 3.37. The van der Waals surface area contributed by atoms with Gasteiger partial charge in [-0.05, 0) is 31.4 Å². The number of nitrogens with zero attached hydrogens (tertiary/aromatic N) is 2. The van der Waals surface area contributed by atoms with Gasteiger partial charge in [0.2, 0.25) is 5.91 Å². The number of nitrogens with one attached hydrogen (secondary N) is 1. The van der Waals surface area contributed by atoms with Crippen LogP contribution in [0.25, 0.3) is 0 Å². The predicted octanol–water partition coefficient (Wildman–Crippen LogP) is 1.67. The Balaban J connectivity index is 0.00000156. The van der Waals surface area contributed by atoms with Gasteiger partial charge in [0, 0.05) is 38.8 Å². The summed E-state index contributed by atoms with van der Waals surface area (Å²) in [6.07, 6.45) is 2.37. The molecular weight excluding hydrogens is 359 g/mol. The Labute approximate surface area is 163 Å². The Bertz CT molecular complexity index is 519. The van der Waals surface area contributed by atoms with Crippen molar-refractivity contribution in [2.45, 2.75) is 24.9 Å². The van der Waals surface area contributed by atoms with Crippen LogP contribution in [0.2, 0.25) is 0 Å². The van der Waals surface area contributed by atoms with Crippen LogP contribution in [0.1, 0.15) is 24.4 Å². The highest BCUT2D eigenvalue weighted by Crippen LogP contribution is 2.33. The van der Waals surface area contributed by atoms with Gasteiger partial charge in [0.05, 0.1) is 0 Å². The van der Waals surface area contributed by atoms with Gasteiger partial charge in [-0.15, -0.1) is 24.8 Å². The molecule has 3 N–H and O–H groups in total. The molecule has 2 fully saturated rings. The summed E-state index contributed by atoms with van der Waals surface area (Å²) < 4.78 is 0. The topological polar surface area (TPSA) is 61.6 Å². The highest BCUT2D eigenvalue weighted by molar-refractivity contribution is 5.85. The number of rotatable bonds is 6. The third-order valence-electron chi connectivity index (χ3n) is 5.04. The van der Waals surface area contributed by atoms with E-state index in [2.05, 4.69) is 34.3 Å². The maximum atomic E-state index is 13.0. The van der Waals surface area contributed by atoms with Gasteiger partial charge in [0.25, 0.3) is 0 Å². The molecule has 5 nitrogen and oxygen atoms in total. The molecule has 0 aromatic heterocycles. The second-order valence-electron chi connectivity index (χ2n) is 6.84. The van der Waals surface area contributed by atoms with Crippen LogP contribution in [0.15, 0.2) is 30.3 Å². The molecule has 0 radical (unpaired) electrons. The second kappa shape index (κ2) is 10.3. The number of hydrogen-bond donors (Lipinski definition) is 2. The molecule has 142 valence electrons. The van der Waals surface area contributed by atoms with Crippen LogP contribution in [-0.4, -0.2) is 61.5 Å². The van der Waals surface area contributed by atoms with Gasteiger partial charge in [0.1, 0.15) is 6.04 Å². The number of piperazine rings is 1. The van der Waals surface area contributed by atoms with Crippen LogP contribution in [-0.2, 0) is 4.79 Å². The van der Waals surface area contributed by atoms with Crippen molar-refractivity contribution < 1.29 is 4.79 Å². The molecule has 2 unspecified atom stereocenters. The monoisotopic (exact) mass is 388 g/mol. The van der Waals surface area contributed by atoms with E-state index in [1.807, 2.05) is 18.2 Å². The van der Waals surface area contributed by atoms with Gasteiger partial charge < -0.3 is 16.0 Å². The summed E-state index contributed by atoms with van der Waals surface area (Å²) in [5.74, 6) is 0.677. The Morgan fingerprint density at radius 1 is 1.16 bits per heavy atom. The Hall–Kier alpha value is -0.850. The number of nitrogens with two attached hydrogens (primary N) is 1. The molecule has 0 bridgehead atoms. The van der Waals surface area contributed by atoms with Gasteiger partial charge in [-0.2, -0.15) is 0 Å². The molecule has 3 rings (SSSR count). The smallest absolute Gasteiger partial charge is 0.242 e. The lowest BCUT2D eigenvalue weighted by Gasteiger charge is -2.38. The van der Waals surface area contributed by atoms with E-state index in [0.717, 1.165) is 31.7 Å². The summed E-state index contributed by atoms with van der Waals surface area (Å²) in [6, 6.07) is 10.0. The molecule has 7 heteroatoms. The first-order valence-corrected chi connectivity index (χ1v) is 8.67. The van der Waals surface area contributed by atoms with Crippen molar-refractivity contribution in [3.8, 4) is 0 Å². The molecular formula is C18H30Cl2N4O. The highest BCUT2D eigenvalue weighted by Gasteiger charge is 2.35. The highest BCUT2D eigenvalue weighted by atomic mass is 35.5. The average Bonchev–Trinajstić information content (AvgIpc) is 3.40. The molecule has 1 saturated carbocycles. The van der Waals surface area contributed by atoms with Crippen molar-refractivity contribution in [3.63, 3.8) is 0 Å². The SMILES string of the molecule is CN1CCN(C(C(=O)NC(CN)C2CC2)c2ccccc2)CC1.Cl.Cl. The molecule has 1 aromatic rings. The van der Waals surface area contributed by atoms with Gasteiger partial charge in [-0.3, -0.25) is 9.69 Å². The van der Waals surface area contributed by atoms with Crippen molar-refractivity contribution in [1.82, 2.24) is 15.1 Å². The molecule has 2 atom stereocenters. The third-order valence-corrected chi connectivity index (χ3v) is 5.04. The van der Waals surface area contributed by atoms with E-state index in [1.54, 1.807) is 0 Å². The molecule has 2 aliphatic rings. The lowest BCUT2D eigenvalue weighted by Crippen LogP contribution is -2.52. The quantitative estimate of drug-likeness (QED) is 0.777. The molecule has 1 heterocycles. The average molecular weight is 389 g/mol. The lowest BCUT2D eigenvalue weighted by molar-refractivity contribution is -0.128. The van der Waals surface area contributed by atoms with Crippen LogP contribution in [0, 0.1) is 5.92 Å². The van der Waals surface area contributed by atoms with Crippen molar-refractivity contribution in [1.29, 1.82) is 0 Å². The van der Waals surface area contributed by atoms with E-state index in [0.29, 0.717) is 12.5 Å². The number of carbonyl (C=O) groups is 1. The number of hydrogen-bond acceptors (Lipinski definition) is 4. The van der Waals surface area contributed by atoms with Crippen LogP contribution in [0.3, 0.4) is 0 Å². The maximum absolute atomic E-state index is 13.0. The molecule has 0 spiro atoms. The zero-order chi connectivity index (χ0) is 16.2. The maximum Gasteiger partial charge on any atom is 0.242 e. The Morgan fingerprint density at radius 3 is 2.28 bits per heavy atom. The molecule has 1 aliphatic carbocycles. The minimum absolute atomic E-state index is 0. The zero-order valence-corrected chi connectivity index (χ0v) is 16.4. The summed E-state index contributed by atoms with van der Waals surface area (Å²) in [4.78, 5) is 17.6. The summed E-state index contributed by atoms with van der Waals surface area (Å²) >= 11 is 0. The summed E-state index contributed by atoms with van der Waals surface area (Å²) in [5, 5.41) is 3.22. The number of amides is 1. The number of benzene rings is 1. The first kappa shape index (κ1) is 22.2. The molecule has 1 saturated heterocycles.